The van der Waals surface area contributed by atoms with Crippen LogP contribution in [0.5, 0.6) is 5.75 Å². The van der Waals surface area contributed by atoms with Gasteiger partial charge in [0.1, 0.15) is 12.4 Å². The Morgan fingerprint density at radius 3 is 2.62 bits per heavy atom. The molecule has 2 fully saturated rings. The van der Waals surface area contributed by atoms with Crippen LogP contribution in [0.25, 0.3) is 10.9 Å². The maximum Gasteiger partial charge on any atom is 0.255 e. The third-order valence-corrected chi connectivity index (χ3v) is 7.58. The number of amides is 1. The molecule has 7 nitrogen and oxygen atoms in total. The van der Waals surface area contributed by atoms with Gasteiger partial charge in [-0.2, -0.15) is 0 Å². The molecule has 5 rings (SSSR count). The summed E-state index contributed by atoms with van der Waals surface area (Å²) in [4.78, 5) is 12.9. The number of nitrogens with zero attached hydrogens (tertiary/aromatic N) is 1. The molecule has 0 spiro atoms. The maximum absolute atomic E-state index is 15.6. The minimum Gasteiger partial charge on any atom is -0.491 e. The van der Waals surface area contributed by atoms with Crippen LogP contribution in [0.15, 0.2) is 36.4 Å². The third-order valence-electron chi connectivity index (χ3n) is 7.58. The molecule has 0 aliphatic carbocycles. The van der Waals surface area contributed by atoms with Gasteiger partial charge in [0.2, 0.25) is 0 Å². The fourth-order valence-corrected chi connectivity index (χ4v) is 5.29. The zero-order valence-electron chi connectivity index (χ0n) is 21.6. The van der Waals surface area contributed by atoms with Crippen molar-refractivity contribution >= 4 is 22.5 Å². The molecule has 0 radical (unpaired) electrons. The van der Waals surface area contributed by atoms with Crippen molar-refractivity contribution < 1.29 is 23.4 Å². The lowest BCUT2D eigenvalue weighted by Crippen LogP contribution is -2.28. The maximum atomic E-state index is 15.6. The number of rotatable bonds is 9. The molecule has 2 aromatic carbocycles. The van der Waals surface area contributed by atoms with Gasteiger partial charge in [0.25, 0.3) is 5.91 Å². The van der Waals surface area contributed by atoms with E-state index in [2.05, 4.69) is 10.6 Å². The first kappa shape index (κ1) is 25.7. The molecule has 0 saturated carbocycles. The Labute approximate surface area is 217 Å². The molecule has 198 valence electrons. The minimum absolute atomic E-state index is 0.130. The fraction of sp³-hybridized carbons (Fsp3) is 0.483. The molecule has 3 heterocycles. The number of aryl methyl sites for hydroxylation is 2. The van der Waals surface area contributed by atoms with Crippen LogP contribution in [0.1, 0.15) is 47.3 Å². The van der Waals surface area contributed by atoms with Gasteiger partial charge in [0.15, 0.2) is 5.82 Å². The van der Waals surface area contributed by atoms with Crippen molar-refractivity contribution in [2.75, 3.05) is 38.3 Å². The Kier molecular flexibility index (Phi) is 8.08. The second kappa shape index (κ2) is 11.6. The smallest absolute Gasteiger partial charge is 0.255 e. The predicted octanol–water partition coefficient (Wildman–Crippen LogP) is 4.95. The number of fused-ring (bicyclic) bond motifs is 1. The van der Waals surface area contributed by atoms with Gasteiger partial charge in [-0.05, 0) is 81.0 Å². The number of nitrogens with one attached hydrogen (secondary N) is 2. The van der Waals surface area contributed by atoms with Crippen molar-refractivity contribution in [1.29, 1.82) is 0 Å². The number of hydrogen-bond donors (Lipinski definition) is 2. The standard InChI is InChI=1S/C29H36FN3O4/c1-19-24-9-10-25(27(30)28(24)33(2)26(19)17-31-16-20-11-14-35-15-12-20)32-29(34)21-5-7-22(8-6-21)37-18-23-4-3-13-36-23/h5-10,20,23,31H,3-4,11-18H2,1-2H3,(H,32,34)/t23-/m0/s1. The van der Waals surface area contributed by atoms with Crippen molar-refractivity contribution in [3.8, 4) is 5.75 Å². The Balaban J connectivity index is 1.24. The molecule has 0 bridgehead atoms. The second-order valence-electron chi connectivity index (χ2n) is 10.1. The summed E-state index contributed by atoms with van der Waals surface area (Å²) in [6.07, 6.45) is 4.34. The first-order valence-electron chi connectivity index (χ1n) is 13.2. The van der Waals surface area contributed by atoms with E-state index in [1.54, 1.807) is 30.3 Å². The van der Waals surface area contributed by atoms with Crippen molar-refractivity contribution in [3.63, 3.8) is 0 Å². The number of carbonyl (C=O) groups excluding carboxylic acids is 1. The number of carbonyl (C=O) groups is 1. The molecule has 0 unspecified atom stereocenters. The van der Waals surface area contributed by atoms with E-state index in [4.69, 9.17) is 14.2 Å². The van der Waals surface area contributed by atoms with Crippen LogP contribution in [0, 0.1) is 18.7 Å². The van der Waals surface area contributed by atoms with Gasteiger partial charge in [-0.1, -0.05) is 6.07 Å². The zero-order valence-corrected chi connectivity index (χ0v) is 21.6. The summed E-state index contributed by atoms with van der Waals surface area (Å²) in [5, 5.41) is 7.14. The average molecular weight is 510 g/mol. The minimum atomic E-state index is -0.427. The lowest BCUT2D eigenvalue weighted by molar-refractivity contribution is 0.0662. The van der Waals surface area contributed by atoms with E-state index >= 15 is 4.39 Å². The molecular formula is C29H36FN3O4. The summed E-state index contributed by atoms with van der Waals surface area (Å²) in [7, 11) is 1.88. The highest BCUT2D eigenvalue weighted by molar-refractivity contribution is 6.05. The second-order valence-corrected chi connectivity index (χ2v) is 10.1. The van der Waals surface area contributed by atoms with E-state index in [-0.39, 0.29) is 17.7 Å². The molecule has 1 amide bonds. The highest BCUT2D eigenvalue weighted by Gasteiger charge is 2.20. The number of ether oxygens (including phenoxy) is 3. The van der Waals surface area contributed by atoms with Crippen molar-refractivity contribution in [2.45, 2.75) is 45.3 Å². The number of benzene rings is 2. The first-order valence-corrected chi connectivity index (χ1v) is 13.2. The van der Waals surface area contributed by atoms with Gasteiger partial charge in [-0.25, -0.2) is 4.39 Å². The molecule has 37 heavy (non-hydrogen) atoms. The van der Waals surface area contributed by atoms with E-state index in [1.165, 1.54) is 0 Å². The van der Waals surface area contributed by atoms with Crippen LogP contribution in [0.2, 0.25) is 0 Å². The summed E-state index contributed by atoms with van der Waals surface area (Å²) in [6, 6.07) is 10.4. The summed E-state index contributed by atoms with van der Waals surface area (Å²) in [6.45, 7) is 6.55. The van der Waals surface area contributed by atoms with Crippen LogP contribution in [0.4, 0.5) is 10.1 Å². The predicted molar refractivity (Wildman–Crippen MR) is 142 cm³/mol. The van der Waals surface area contributed by atoms with Crippen LogP contribution in [-0.2, 0) is 23.1 Å². The zero-order chi connectivity index (χ0) is 25.8. The summed E-state index contributed by atoms with van der Waals surface area (Å²) >= 11 is 0. The van der Waals surface area contributed by atoms with Crippen LogP contribution < -0.4 is 15.4 Å². The van der Waals surface area contributed by atoms with E-state index in [0.717, 1.165) is 68.7 Å². The van der Waals surface area contributed by atoms with E-state index < -0.39 is 5.82 Å². The lowest BCUT2D eigenvalue weighted by atomic mass is 10.0. The molecule has 2 saturated heterocycles. The fourth-order valence-electron chi connectivity index (χ4n) is 5.29. The monoisotopic (exact) mass is 509 g/mol. The first-order chi connectivity index (χ1) is 18.0. The summed E-state index contributed by atoms with van der Waals surface area (Å²) in [5.74, 6) is 0.498. The highest BCUT2D eigenvalue weighted by Crippen LogP contribution is 2.31. The van der Waals surface area contributed by atoms with Gasteiger partial charge in [0.05, 0.1) is 17.3 Å². The Morgan fingerprint density at radius 1 is 1.11 bits per heavy atom. The largest absolute Gasteiger partial charge is 0.491 e. The Bertz CT molecular complexity index is 1230. The normalized spacial score (nSPS) is 18.4. The number of aromatic nitrogens is 1. The highest BCUT2D eigenvalue weighted by atomic mass is 19.1. The molecule has 1 atom stereocenters. The SMILES string of the molecule is Cc1c(CNCC2CCOCC2)n(C)c2c(F)c(NC(=O)c3ccc(OC[C@@H]4CCCO4)cc3)ccc12. The van der Waals surface area contributed by atoms with Crippen LogP contribution in [0.3, 0.4) is 0 Å². The quantitative estimate of drug-likeness (QED) is 0.427. The topological polar surface area (TPSA) is 73.8 Å². The van der Waals surface area contributed by atoms with Crippen molar-refractivity contribution in [1.82, 2.24) is 9.88 Å². The van der Waals surface area contributed by atoms with E-state index in [9.17, 15) is 4.79 Å². The molecule has 2 aliphatic heterocycles. The van der Waals surface area contributed by atoms with Gasteiger partial charge in [0, 0.05) is 50.1 Å². The van der Waals surface area contributed by atoms with E-state index in [1.807, 2.05) is 24.6 Å². The number of halogens is 1. The van der Waals surface area contributed by atoms with E-state index in [0.29, 0.717) is 35.9 Å². The molecule has 2 N–H and O–H groups in total. The van der Waals surface area contributed by atoms with Gasteiger partial charge < -0.3 is 29.4 Å². The van der Waals surface area contributed by atoms with Crippen molar-refractivity contribution in [3.05, 3.63) is 59.0 Å². The number of hydrogen-bond acceptors (Lipinski definition) is 5. The third kappa shape index (κ3) is 5.81. The molecule has 3 aromatic rings. The molecule has 1 aromatic heterocycles. The average Bonchev–Trinajstić information content (AvgIpc) is 3.52. The lowest BCUT2D eigenvalue weighted by Gasteiger charge is -2.22. The van der Waals surface area contributed by atoms with Gasteiger partial charge in [-0.3, -0.25) is 4.79 Å². The summed E-state index contributed by atoms with van der Waals surface area (Å²) < 4.78 is 34.3. The summed E-state index contributed by atoms with van der Waals surface area (Å²) in [5.41, 5.74) is 3.19. The van der Waals surface area contributed by atoms with Crippen LogP contribution >= 0.6 is 0 Å². The van der Waals surface area contributed by atoms with Crippen LogP contribution in [-0.4, -0.2) is 49.6 Å². The van der Waals surface area contributed by atoms with Gasteiger partial charge in [-0.15, -0.1) is 0 Å². The molecular weight excluding hydrogens is 473 g/mol. The Morgan fingerprint density at radius 2 is 1.89 bits per heavy atom. The Hall–Kier alpha value is -2.94. The molecule has 8 heteroatoms. The molecule has 2 aliphatic rings. The van der Waals surface area contributed by atoms with Gasteiger partial charge >= 0.3 is 0 Å². The van der Waals surface area contributed by atoms with Crippen molar-refractivity contribution in [2.24, 2.45) is 13.0 Å². The number of anilines is 1.